The molecule has 1 fully saturated rings. The van der Waals surface area contributed by atoms with Crippen molar-refractivity contribution in [3.05, 3.63) is 40.5 Å². The first-order valence-corrected chi connectivity index (χ1v) is 10.9. The molecular formula is C18H23BrN2O3S. The normalized spacial score (nSPS) is 16.4. The van der Waals surface area contributed by atoms with E-state index < -0.39 is 14.6 Å². The number of hydrogen-bond donors (Lipinski definition) is 0. The fourth-order valence-electron chi connectivity index (χ4n) is 3.26. The van der Waals surface area contributed by atoms with Crippen molar-refractivity contribution in [2.24, 2.45) is 5.92 Å². The summed E-state index contributed by atoms with van der Waals surface area (Å²) in [4.78, 5) is 4.63. The van der Waals surface area contributed by atoms with E-state index in [-0.39, 0.29) is 10.7 Å². The molecule has 0 unspecified atom stereocenters. The number of nitrogens with zero attached hydrogens (tertiary/aromatic N) is 2. The predicted molar refractivity (Wildman–Crippen MR) is 98.9 cm³/mol. The van der Waals surface area contributed by atoms with E-state index in [2.05, 4.69) is 26.1 Å². The molecule has 25 heavy (non-hydrogen) atoms. The maximum absolute atomic E-state index is 13.0. The SMILES string of the molecule is CC(C)(c1noc(CCC2CCCC2)n1)S(=O)(=O)c1ccc(Br)cc1. The number of benzene rings is 1. The fourth-order valence-corrected chi connectivity index (χ4v) is 4.93. The number of halogens is 1. The molecule has 0 spiro atoms. The van der Waals surface area contributed by atoms with Crippen molar-refractivity contribution in [3.8, 4) is 0 Å². The van der Waals surface area contributed by atoms with Crippen molar-refractivity contribution >= 4 is 25.8 Å². The van der Waals surface area contributed by atoms with Crippen molar-refractivity contribution in [3.63, 3.8) is 0 Å². The van der Waals surface area contributed by atoms with Crippen LogP contribution in [0, 0.1) is 5.92 Å². The van der Waals surface area contributed by atoms with Crippen LogP contribution in [0.15, 0.2) is 38.2 Å². The molecule has 1 aliphatic carbocycles. The van der Waals surface area contributed by atoms with Gasteiger partial charge < -0.3 is 4.52 Å². The van der Waals surface area contributed by atoms with Crippen LogP contribution >= 0.6 is 15.9 Å². The molecule has 1 saturated carbocycles. The summed E-state index contributed by atoms with van der Waals surface area (Å²) in [7, 11) is -3.63. The lowest BCUT2D eigenvalue weighted by atomic mass is 10.0. The van der Waals surface area contributed by atoms with Crippen molar-refractivity contribution in [2.75, 3.05) is 0 Å². The Bertz CT molecular complexity index is 822. The average Bonchev–Trinajstić information content (AvgIpc) is 3.25. The van der Waals surface area contributed by atoms with E-state index in [1.165, 1.54) is 25.7 Å². The quantitative estimate of drug-likeness (QED) is 0.670. The highest BCUT2D eigenvalue weighted by Gasteiger charge is 2.41. The lowest BCUT2D eigenvalue weighted by Crippen LogP contribution is -2.30. The molecule has 5 nitrogen and oxygen atoms in total. The van der Waals surface area contributed by atoms with E-state index in [1.54, 1.807) is 38.1 Å². The third-order valence-corrected chi connectivity index (χ3v) is 7.99. The van der Waals surface area contributed by atoms with E-state index in [0.29, 0.717) is 12.3 Å². The summed E-state index contributed by atoms with van der Waals surface area (Å²) in [5.74, 6) is 1.48. The van der Waals surface area contributed by atoms with Gasteiger partial charge in [0.15, 0.2) is 15.7 Å². The summed E-state index contributed by atoms with van der Waals surface area (Å²) in [5.41, 5.74) is 0. The molecule has 3 rings (SSSR count). The van der Waals surface area contributed by atoms with Gasteiger partial charge in [0.2, 0.25) is 5.89 Å². The fraction of sp³-hybridized carbons (Fsp3) is 0.556. The van der Waals surface area contributed by atoms with E-state index in [0.717, 1.165) is 16.8 Å². The number of aryl methyl sites for hydroxylation is 1. The molecule has 0 radical (unpaired) electrons. The summed E-state index contributed by atoms with van der Waals surface area (Å²) in [6.07, 6.45) is 6.89. The summed E-state index contributed by atoms with van der Waals surface area (Å²) in [6, 6.07) is 6.60. The van der Waals surface area contributed by atoms with E-state index in [1.807, 2.05) is 0 Å². The minimum atomic E-state index is -3.63. The average molecular weight is 427 g/mol. The summed E-state index contributed by atoms with van der Waals surface area (Å²) in [5, 5.41) is 3.97. The maximum atomic E-state index is 13.0. The van der Waals surface area contributed by atoms with E-state index in [9.17, 15) is 8.42 Å². The molecule has 0 aliphatic heterocycles. The Labute approximate surface area is 157 Å². The summed E-state index contributed by atoms with van der Waals surface area (Å²) < 4.78 is 30.9. The molecule has 0 atom stereocenters. The molecule has 0 bridgehead atoms. The predicted octanol–water partition coefficient (Wildman–Crippen LogP) is 4.66. The third kappa shape index (κ3) is 3.82. The standard InChI is InChI=1S/C18H23BrN2O3S/c1-18(2,25(22,23)15-10-8-14(19)9-11-15)17-20-16(24-21-17)12-7-13-5-3-4-6-13/h8-11,13H,3-7,12H2,1-2H3. The van der Waals surface area contributed by atoms with Crippen LogP contribution in [0.5, 0.6) is 0 Å². The largest absolute Gasteiger partial charge is 0.339 e. The molecule has 2 aromatic rings. The van der Waals surface area contributed by atoms with Crippen LogP contribution in [0.4, 0.5) is 0 Å². The molecule has 0 saturated heterocycles. The van der Waals surface area contributed by atoms with Crippen molar-refractivity contribution in [2.45, 2.75) is 62.0 Å². The molecule has 1 aliphatic rings. The Morgan fingerprint density at radius 2 is 1.84 bits per heavy atom. The van der Waals surface area contributed by atoms with Crippen LogP contribution < -0.4 is 0 Å². The minimum absolute atomic E-state index is 0.219. The highest BCUT2D eigenvalue weighted by molar-refractivity contribution is 9.10. The zero-order chi connectivity index (χ0) is 18.1. The van der Waals surface area contributed by atoms with Gasteiger partial charge in [0, 0.05) is 10.9 Å². The first-order valence-electron chi connectivity index (χ1n) is 8.64. The highest BCUT2D eigenvalue weighted by Crippen LogP contribution is 2.34. The van der Waals surface area contributed by atoms with E-state index in [4.69, 9.17) is 4.52 Å². The van der Waals surface area contributed by atoms with Gasteiger partial charge in [0.05, 0.1) is 4.90 Å². The Kier molecular flexibility index (Phi) is 5.34. The molecule has 7 heteroatoms. The van der Waals surface area contributed by atoms with Crippen molar-refractivity contribution in [1.82, 2.24) is 10.1 Å². The van der Waals surface area contributed by atoms with Crippen molar-refractivity contribution in [1.29, 1.82) is 0 Å². The molecule has 0 amide bonds. The van der Waals surface area contributed by atoms with Gasteiger partial charge in [-0.25, -0.2) is 8.42 Å². The second kappa shape index (κ2) is 7.19. The van der Waals surface area contributed by atoms with Gasteiger partial charge in [-0.05, 0) is 50.5 Å². The third-order valence-electron chi connectivity index (χ3n) is 5.04. The Morgan fingerprint density at radius 3 is 2.48 bits per heavy atom. The van der Waals surface area contributed by atoms with Crippen LogP contribution in [0.25, 0.3) is 0 Å². The van der Waals surface area contributed by atoms with Gasteiger partial charge in [0.25, 0.3) is 0 Å². The zero-order valence-electron chi connectivity index (χ0n) is 14.5. The first kappa shape index (κ1) is 18.6. The lowest BCUT2D eigenvalue weighted by Gasteiger charge is -2.21. The molecular weight excluding hydrogens is 404 g/mol. The minimum Gasteiger partial charge on any atom is -0.339 e. The molecule has 1 aromatic heterocycles. The number of hydrogen-bond acceptors (Lipinski definition) is 5. The Morgan fingerprint density at radius 1 is 1.20 bits per heavy atom. The summed E-state index contributed by atoms with van der Waals surface area (Å²) in [6.45, 7) is 3.24. The van der Waals surface area contributed by atoms with Gasteiger partial charge >= 0.3 is 0 Å². The van der Waals surface area contributed by atoms with Crippen LogP contribution in [0.2, 0.25) is 0 Å². The van der Waals surface area contributed by atoms with Gasteiger partial charge in [-0.1, -0.05) is 46.8 Å². The van der Waals surface area contributed by atoms with Gasteiger partial charge in [-0.2, -0.15) is 4.98 Å². The molecule has 136 valence electrons. The Balaban J connectivity index is 1.78. The smallest absolute Gasteiger partial charge is 0.226 e. The highest BCUT2D eigenvalue weighted by atomic mass is 79.9. The Hall–Kier alpha value is -1.21. The molecule has 1 aromatic carbocycles. The summed E-state index contributed by atoms with van der Waals surface area (Å²) >= 11 is 3.32. The number of rotatable bonds is 6. The topological polar surface area (TPSA) is 73.1 Å². The van der Waals surface area contributed by atoms with Gasteiger partial charge in [-0.15, -0.1) is 0 Å². The monoisotopic (exact) mass is 426 g/mol. The second-order valence-electron chi connectivity index (χ2n) is 7.17. The van der Waals surface area contributed by atoms with Crippen molar-refractivity contribution < 1.29 is 12.9 Å². The first-order chi connectivity index (χ1) is 11.8. The zero-order valence-corrected chi connectivity index (χ0v) is 16.9. The van der Waals surface area contributed by atoms with Crippen LogP contribution in [0.1, 0.15) is 57.7 Å². The van der Waals surface area contributed by atoms with Crippen LogP contribution in [-0.4, -0.2) is 18.6 Å². The van der Waals surface area contributed by atoms with E-state index >= 15 is 0 Å². The number of sulfone groups is 1. The van der Waals surface area contributed by atoms with Crippen LogP contribution in [-0.2, 0) is 21.0 Å². The maximum Gasteiger partial charge on any atom is 0.226 e. The van der Waals surface area contributed by atoms with Crippen LogP contribution in [0.3, 0.4) is 0 Å². The number of aromatic nitrogens is 2. The lowest BCUT2D eigenvalue weighted by molar-refractivity contribution is 0.354. The molecule has 1 heterocycles. The van der Waals surface area contributed by atoms with Gasteiger partial charge in [0.1, 0.15) is 4.75 Å². The van der Waals surface area contributed by atoms with Gasteiger partial charge in [-0.3, -0.25) is 0 Å². The molecule has 0 N–H and O–H groups in total. The second-order valence-corrected chi connectivity index (χ2v) is 10.6.